The van der Waals surface area contributed by atoms with Gasteiger partial charge in [-0.25, -0.2) is 13.2 Å². The first-order chi connectivity index (χ1) is 16.2. The predicted molar refractivity (Wildman–Crippen MR) is 121 cm³/mol. The molecule has 0 saturated carbocycles. The fourth-order valence-corrected chi connectivity index (χ4v) is 5.13. The highest BCUT2D eigenvalue weighted by atomic mass is 32.2. The van der Waals surface area contributed by atoms with Crippen LogP contribution in [0.2, 0.25) is 0 Å². The van der Waals surface area contributed by atoms with Gasteiger partial charge in [-0.05, 0) is 47.2 Å². The molecule has 34 heavy (non-hydrogen) atoms. The lowest BCUT2D eigenvalue weighted by Gasteiger charge is -2.18. The minimum absolute atomic E-state index is 0.256. The lowest BCUT2D eigenvalue weighted by molar-refractivity contribution is -0.139. The maximum Gasteiger partial charge on any atom is 0.417 e. The van der Waals surface area contributed by atoms with E-state index < -0.39 is 39.0 Å². The molecule has 0 atom stereocenters. The van der Waals surface area contributed by atoms with Gasteiger partial charge in [0.25, 0.3) is 0 Å². The van der Waals surface area contributed by atoms with E-state index in [1.165, 1.54) is 30.3 Å². The van der Waals surface area contributed by atoms with Crippen LogP contribution in [0.25, 0.3) is 10.8 Å². The molecule has 9 heteroatoms. The Morgan fingerprint density at radius 1 is 0.824 bits per heavy atom. The summed E-state index contributed by atoms with van der Waals surface area (Å²) in [7, 11) is -4.55. The van der Waals surface area contributed by atoms with Gasteiger partial charge in [0.05, 0.1) is 16.1 Å². The van der Waals surface area contributed by atoms with Crippen LogP contribution in [0.4, 0.5) is 18.9 Å². The van der Waals surface area contributed by atoms with Crippen LogP contribution in [-0.2, 0) is 20.8 Å². The number of anilines is 1. The Morgan fingerprint density at radius 3 is 2.21 bits per heavy atom. The first-order valence-electron chi connectivity index (χ1n) is 10.1. The summed E-state index contributed by atoms with van der Waals surface area (Å²) in [5.74, 6) is -0.539. The van der Waals surface area contributed by atoms with E-state index in [-0.39, 0.29) is 16.3 Å². The van der Waals surface area contributed by atoms with E-state index in [1.54, 1.807) is 24.3 Å². The molecule has 0 aliphatic heterocycles. The average Bonchev–Trinajstić information content (AvgIpc) is 2.82. The number of alkyl halides is 3. The topological polar surface area (TPSA) is 72.5 Å². The highest BCUT2D eigenvalue weighted by molar-refractivity contribution is 7.91. The fraction of sp³-hybridized carbons (Fsp3) is 0.0800. The molecule has 0 aliphatic rings. The number of carbonyl (C=O) groups excluding carboxylic acids is 1. The van der Waals surface area contributed by atoms with Gasteiger partial charge in [-0.15, -0.1) is 0 Å². The second-order valence-corrected chi connectivity index (χ2v) is 9.22. The molecule has 0 aliphatic carbocycles. The summed E-state index contributed by atoms with van der Waals surface area (Å²) in [6, 6.07) is 22.2. The molecule has 0 unspecified atom stereocenters. The zero-order chi connectivity index (χ0) is 24.3. The van der Waals surface area contributed by atoms with E-state index in [1.807, 2.05) is 24.3 Å². The summed E-state index contributed by atoms with van der Waals surface area (Å²) >= 11 is 0. The van der Waals surface area contributed by atoms with Crippen molar-refractivity contribution < 1.29 is 31.1 Å². The van der Waals surface area contributed by atoms with E-state index in [9.17, 15) is 26.4 Å². The molecule has 0 spiro atoms. The van der Waals surface area contributed by atoms with E-state index in [2.05, 4.69) is 5.32 Å². The predicted octanol–water partition coefficient (Wildman–Crippen LogP) is 5.71. The van der Waals surface area contributed by atoms with Gasteiger partial charge >= 0.3 is 12.1 Å². The number of hydrogen-bond acceptors (Lipinski definition) is 5. The number of benzene rings is 4. The second-order valence-electron chi connectivity index (χ2n) is 7.33. The number of fused-ring (bicyclic) bond motifs is 1. The van der Waals surface area contributed by atoms with E-state index in [4.69, 9.17) is 4.74 Å². The summed E-state index contributed by atoms with van der Waals surface area (Å²) in [5, 5.41) is 4.29. The lowest BCUT2D eigenvalue weighted by Crippen LogP contribution is -2.22. The van der Waals surface area contributed by atoms with Crippen molar-refractivity contribution in [2.45, 2.75) is 16.0 Å². The van der Waals surface area contributed by atoms with Crippen molar-refractivity contribution in [1.29, 1.82) is 0 Å². The zero-order valence-corrected chi connectivity index (χ0v) is 18.4. The summed E-state index contributed by atoms with van der Waals surface area (Å²) in [6.45, 7) is -0.550. The molecule has 0 saturated heterocycles. The monoisotopic (exact) mass is 485 g/mol. The molecule has 0 fully saturated rings. The second kappa shape index (κ2) is 9.18. The number of carbonyl (C=O) groups is 1. The SMILES string of the molecule is O=C(CNc1cccc(C(F)(F)F)c1S(=O)(=O)c1ccccc1)Oc1ccc2ccccc2c1. The Kier molecular flexibility index (Phi) is 6.30. The molecule has 174 valence electrons. The van der Waals surface area contributed by atoms with Crippen LogP contribution in [0.15, 0.2) is 101 Å². The molecule has 1 N–H and O–H groups in total. The van der Waals surface area contributed by atoms with Crippen LogP contribution in [-0.4, -0.2) is 20.9 Å². The quantitative estimate of drug-likeness (QED) is 0.280. The summed E-state index contributed by atoms with van der Waals surface area (Å²) in [4.78, 5) is 11.1. The first kappa shape index (κ1) is 23.3. The van der Waals surface area contributed by atoms with Gasteiger partial charge in [-0.3, -0.25) is 0 Å². The standard InChI is InChI=1S/C25H18F3NO4S/c26-25(27,28)21-11-6-12-22(24(21)34(31,32)20-9-2-1-3-10-20)29-16-23(30)33-19-14-13-17-7-4-5-8-18(17)15-19/h1-15,29H,16H2. The normalized spacial score (nSPS) is 11.9. The van der Waals surface area contributed by atoms with Crippen molar-refractivity contribution in [2.75, 3.05) is 11.9 Å². The molecular weight excluding hydrogens is 467 g/mol. The summed E-state index contributed by atoms with van der Waals surface area (Å²) < 4.78 is 72.6. The van der Waals surface area contributed by atoms with E-state index in [0.29, 0.717) is 6.07 Å². The molecular formula is C25H18F3NO4S. The Balaban J connectivity index is 1.62. The van der Waals surface area contributed by atoms with Crippen LogP contribution in [0.3, 0.4) is 0 Å². The lowest BCUT2D eigenvalue weighted by atomic mass is 10.1. The number of rotatable bonds is 6. The van der Waals surface area contributed by atoms with Gasteiger partial charge in [-0.1, -0.05) is 54.6 Å². The third-order valence-corrected chi connectivity index (χ3v) is 6.89. The van der Waals surface area contributed by atoms with Crippen LogP contribution in [0, 0.1) is 0 Å². The Morgan fingerprint density at radius 2 is 1.50 bits per heavy atom. The van der Waals surface area contributed by atoms with Gasteiger partial charge in [0.2, 0.25) is 9.84 Å². The van der Waals surface area contributed by atoms with Gasteiger partial charge in [0.1, 0.15) is 17.2 Å². The molecule has 4 aromatic carbocycles. The van der Waals surface area contributed by atoms with E-state index in [0.717, 1.165) is 16.8 Å². The van der Waals surface area contributed by atoms with Crippen molar-refractivity contribution in [3.8, 4) is 5.75 Å². The van der Waals surface area contributed by atoms with Gasteiger partial charge in [-0.2, -0.15) is 13.2 Å². The van der Waals surface area contributed by atoms with Crippen molar-refractivity contribution in [2.24, 2.45) is 0 Å². The smallest absolute Gasteiger partial charge is 0.417 e. The van der Waals surface area contributed by atoms with Gasteiger partial charge in [0, 0.05) is 0 Å². The van der Waals surface area contributed by atoms with Crippen LogP contribution in [0.5, 0.6) is 5.75 Å². The number of halogens is 3. The number of esters is 1. The Bertz CT molecular complexity index is 1450. The van der Waals surface area contributed by atoms with Crippen molar-refractivity contribution in [3.05, 3.63) is 96.6 Å². The van der Waals surface area contributed by atoms with Gasteiger partial charge < -0.3 is 10.1 Å². The summed E-state index contributed by atoms with van der Waals surface area (Å²) in [5.41, 5.74) is -1.68. The molecule has 4 aromatic rings. The van der Waals surface area contributed by atoms with Crippen molar-refractivity contribution in [1.82, 2.24) is 0 Å². The number of hydrogen-bond donors (Lipinski definition) is 1. The molecule has 0 aromatic heterocycles. The largest absolute Gasteiger partial charge is 0.425 e. The minimum atomic E-state index is -4.93. The van der Waals surface area contributed by atoms with Crippen molar-refractivity contribution in [3.63, 3.8) is 0 Å². The maximum absolute atomic E-state index is 13.7. The average molecular weight is 485 g/mol. The van der Waals surface area contributed by atoms with Gasteiger partial charge in [0.15, 0.2) is 0 Å². The van der Waals surface area contributed by atoms with Crippen molar-refractivity contribution >= 4 is 32.3 Å². The van der Waals surface area contributed by atoms with E-state index >= 15 is 0 Å². The Hall–Kier alpha value is -3.85. The molecule has 4 rings (SSSR count). The zero-order valence-electron chi connectivity index (χ0n) is 17.5. The highest BCUT2D eigenvalue weighted by Gasteiger charge is 2.39. The first-order valence-corrected chi connectivity index (χ1v) is 11.6. The number of ether oxygens (including phenoxy) is 1. The highest BCUT2D eigenvalue weighted by Crippen LogP contribution is 2.40. The number of nitrogens with one attached hydrogen (secondary N) is 1. The van der Waals surface area contributed by atoms with Crippen LogP contribution < -0.4 is 10.1 Å². The third-order valence-electron chi connectivity index (χ3n) is 5.02. The number of sulfone groups is 1. The molecule has 0 heterocycles. The van der Waals surface area contributed by atoms with Crippen LogP contribution >= 0.6 is 0 Å². The maximum atomic E-state index is 13.7. The summed E-state index contributed by atoms with van der Waals surface area (Å²) in [6.07, 6.45) is -4.93. The Labute approximate surface area is 193 Å². The molecule has 0 amide bonds. The fourth-order valence-electron chi connectivity index (χ4n) is 3.47. The van der Waals surface area contributed by atoms with Crippen LogP contribution in [0.1, 0.15) is 5.56 Å². The minimum Gasteiger partial charge on any atom is -0.425 e. The third kappa shape index (κ3) is 4.89. The molecule has 0 radical (unpaired) electrons. The molecule has 5 nitrogen and oxygen atoms in total. The molecule has 0 bridgehead atoms.